The van der Waals surface area contributed by atoms with Crippen LogP contribution in [0.15, 0.2) is 23.4 Å². The molecule has 11 heteroatoms. The van der Waals surface area contributed by atoms with Crippen molar-refractivity contribution in [1.29, 1.82) is 0 Å². The van der Waals surface area contributed by atoms with E-state index in [1.807, 2.05) is 0 Å². The molecule has 0 N–H and O–H groups in total. The normalized spacial score (nSPS) is 11.6. The first-order chi connectivity index (χ1) is 9.21. The summed E-state index contributed by atoms with van der Waals surface area (Å²) in [4.78, 5) is 10.1. The highest BCUT2D eigenvalue weighted by molar-refractivity contribution is 8.13. The number of nitro benzene ring substituents is 1. The fourth-order valence-corrected chi connectivity index (χ4v) is 2.56. The molecule has 8 nitrogen and oxygen atoms in total. The molecule has 0 unspecified atom stereocenters. The van der Waals surface area contributed by atoms with Crippen LogP contribution in [0.5, 0.6) is 0 Å². The molecule has 1 heterocycles. The number of nitro groups is 1. The van der Waals surface area contributed by atoms with Crippen LogP contribution < -0.4 is 0 Å². The van der Waals surface area contributed by atoms with Crippen molar-refractivity contribution in [3.8, 4) is 11.4 Å². The van der Waals surface area contributed by atoms with Gasteiger partial charge < -0.3 is 0 Å². The molecule has 0 aliphatic carbocycles. The molecule has 1 aromatic carbocycles. The van der Waals surface area contributed by atoms with Gasteiger partial charge in [0.05, 0.1) is 16.6 Å². The summed E-state index contributed by atoms with van der Waals surface area (Å²) in [5.74, 6) is -0.913. The van der Waals surface area contributed by atoms with Crippen LogP contribution in [0.4, 0.5) is 10.1 Å². The number of aromatic nitrogens is 3. The standard InChI is InChI=1S/C9H6ClFN4O4S/c1-14-8(12-13-9(14)20(10,18)19)6-3-2-5(11)4-7(6)15(16)17/h2-4H,1H3. The Morgan fingerprint density at radius 1 is 1.40 bits per heavy atom. The Hall–Kier alpha value is -2.07. The van der Waals surface area contributed by atoms with Gasteiger partial charge in [0, 0.05) is 17.7 Å². The van der Waals surface area contributed by atoms with Gasteiger partial charge in [0.2, 0.25) is 0 Å². The van der Waals surface area contributed by atoms with Crippen LogP contribution in [-0.2, 0) is 16.1 Å². The summed E-state index contributed by atoms with van der Waals surface area (Å²) in [7, 11) is 2.28. The van der Waals surface area contributed by atoms with E-state index in [1.54, 1.807) is 0 Å². The molecule has 0 radical (unpaired) electrons. The Morgan fingerprint density at radius 3 is 2.55 bits per heavy atom. The second kappa shape index (κ2) is 4.80. The highest BCUT2D eigenvalue weighted by atomic mass is 35.7. The highest BCUT2D eigenvalue weighted by Gasteiger charge is 2.25. The van der Waals surface area contributed by atoms with Crippen molar-refractivity contribution >= 4 is 25.4 Å². The highest BCUT2D eigenvalue weighted by Crippen LogP contribution is 2.30. The number of rotatable bonds is 3. The summed E-state index contributed by atoms with van der Waals surface area (Å²) in [6, 6.07) is 2.81. The number of nitrogens with zero attached hydrogens (tertiary/aromatic N) is 4. The molecular formula is C9H6ClFN4O4S. The molecule has 0 fully saturated rings. The van der Waals surface area contributed by atoms with Gasteiger partial charge in [0.1, 0.15) is 5.82 Å². The summed E-state index contributed by atoms with van der Waals surface area (Å²) >= 11 is 0. The second-order valence-corrected chi connectivity index (χ2v) is 6.18. The van der Waals surface area contributed by atoms with E-state index in [-0.39, 0.29) is 11.4 Å². The van der Waals surface area contributed by atoms with E-state index in [4.69, 9.17) is 10.7 Å². The third kappa shape index (κ3) is 2.47. The minimum atomic E-state index is -4.14. The maximum Gasteiger partial charge on any atom is 0.296 e. The van der Waals surface area contributed by atoms with E-state index in [2.05, 4.69) is 10.2 Å². The van der Waals surface area contributed by atoms with Gasteiger partial charge in [-0.1, -0.05) is 0 Å². The Balaban J connectivity index is 2.70. The maximum atomic E-state index is 13.1. The van der Waals surface area contributed by atoms with Crippen molar-refractivity contribution in [2.45, 2.75) is 5.16 Å². The molecule has 106 valence electrons. The Kier molecular flexibility index (Phi) is 3.44. The first-order valence-corrected chi connectivity index (χ1v) is 7.31. The number of benzene rings is 1. The Bertz CT molecular complexity index is 804. The minimum absolute atomic E-state index is 0.0713. The smallest absolute Gasteiger partial charge is 0.296 e. The van der Waals surface area contributed by atoms with Crippen molar-refractivity contribution in [2.24, 2.45) is 7.05 Å². The van der Waals surface area contributed by atoms with Crippen LogP contribution >= 0.6 is 10.7 Å². The molecule has 0 aliphatic rings. The molecule has 0 saturated carbocycles. The van der Waals surface area contributed by atoms with Crippen LogP contribution in [0, 0.1) is 15.9 Å². The lowest BCUT2D eigenvalue weighted by Gasteiger charge is -2.03. The van der Waals surface area contributed by atoms with Crippen molar-refractivity contribution < 1.29 is 17.7 Å². The summed E-state index contributed by atoms with van der Waals surface area (Å²) in [5.41, 5.74) is -0.628. The molecule has 20 heavy (non-hydrogen) atoms. The summed E-state index contributed by atoms with van der Waals surface area (Å²) in [6.07, 6.45) is 0. The van der Waals surface area contributed by atoms with Gasteiger partial charge >= 0.3 is 0 Å². The molecule has 0 aliphatic heterocycles. The zero-order valence-corrected chi connectivity index (χ0v) is 11.4. The van der Waals surface area contributed by atoms with Crippen molar-refractivity contribution in [2.75, 3.05) is 0 Å². The molecule has 0 saturated heterocycles. The predicted octanol–water partition coefficient (Wildman–Crippen LogP) is 1.46. The molecule has 2 rings (SSSR count). The van der Waals surface area contributed by atoms with E-state index < -0.39 is 30.6 Å². The molecular weight excluding hydrogens is 315 g/mol. The average Bonchev–Trinajstić information content (AvgIpc) is 2.70. The minimum Gasteiger partial charge on any atom is -0.300 e. The molecule has 0 spiro atoms. The molecule has 0 bridgehead atoms. The van der Waals surface area contributed by atoms with Crippen molar-refractivity contribution in [3.05, 3.63) is 34.1 Å². The van der Waals surface area contributed by atoms with Gasteiger partial charge in [-0.2, -0.15) is 0 Å². The first-order valence-electron chi connectivity index (χ1n) is 5.00. The third-order valence-corrected chi connectivity index (χ3v) is 3.66. The lowest BCUT2D eigenvalue weighted by Crippen LogP contribution is -2.04. The van der Waals surface area contributed by atoms with Gasteiger partial charge in [-0.05, 0) is 12.1 Å². The van der Waals surface area contributed by atoms with E-state index in [0.29, 0.717) is 6.07 Å². The zero-order valence-electron chi connectivity index (χ0n) is 9.82. The topological polar surface area (TPSA) is 108 Å². The molecule has 0 amide bonds. The number of halogens is 2. The average molecular weight is 321 g/mol. The zero-order chi connectivity index (χ0) is 15.1. The summed E-state index contributed by atoms with van der Waals surface area (Å²) in [5, 5.41) is 17.2. The monoisotopic (exact) mass is 320 g/mol. The van der Waals surface area contributed by atoms with E-state index in [9.17, 15) is 22.9 Å². The van der Waals surface area contributed by atoms with E-state index >= 15 is 0 Å². The van der Waals surface area contributed by atoms with Gasteiger partial charge in [-0.15, -0.1) is 10.2 Å². The largest absolute Gasteiger partial charge is 0.300 e. The van der Waals surface area contributed by atoms with Crippen LogP contribution in [0.1, 0.15) is 0 Å². The Labute approximate surface area is 116 Å². The fraction of sp³-hybridized carbons (Fsp3) is 0.111. The lowest BCUT2D eigenvalue weighted by atomic mass is 10.1. The Morgan fingerprint density at radius 2 is 2.05 bits per heavy atom. The van der Waals surface area contributed by atoms with Gasteiger partial charge in [0.25, 0.3) is 19.9 Å². The quantitative estimate of drug-likeness (QED) is 0.481. The van der Waals surface area contributed by atoms with E-state index in [1.165, 1.54) is 7.05 Å². The lowest BCUT2D eigenvalue weighted by molar-refractivity contribution is -0.384. The van der Waals surface area contributed by atoms with Crippen molar-refractivity contribution in [1.82, 2.24) is 14.8 Å². The number of hydrogen-bond acceptors (Lipinski definition) is 6. The third-order valence-electron chi connectivity index (χ3n) is 2.45. The SMILES string of the molecule is Cn1c(-c2ccc(F)cc2[N+](=O)[O-])nnc1S(=O)(=O)Cl. The van der Waals surface area contributed by atoms with Crippen molar-refractivity contribution in [3.63, 3.8) is 0 Å². The maximum absolute atomic E-state index is 13.1. The molecule has 2 aromatic rings. The van der Waals surface area contributed by atoms with Crippen LogP contribution in [0.3, 0.4) is 0 Å². The van der Waals surface area contributed by atoms with Gasteiger partial charge in [-0.25, -0.2) is 12.8 Å². The van der Waals surface area contributed by atoms with Crippen LogP contribution in [0.2, 0.25) is 0 Å². The second-order valence-electron chi connectivity index (χ2n) is 3.72. The van der Waals surface area contributed by atoms with Gasteiger partial charge in [-0.3, -0.25) is 14.7 Å². The molecule has 1 aromatic heterocycles. The van der Waals surface area contributed by atoms with E-state index in [0.717, 1.165) is 16.7 Å². The van der Waals surface area contributed by atoms with Crippen LogP contribution in [0.25, 0.3) is 11.4 Å². The summed E-state index contributed by atoms with van der Waals surface area (Å²) < 4.78 is 36.5. The van der Waals surface area contributed by atoms with Gasteiger partial charge in [0.15, 0.2) is 5.82 Å². The summed E-state index contributed by atoms with van der Waals surface area (Å²) in [6.45, 7) is 0. The predicted molar refractivity (Wildman–Crippen MR) is 66.1 cm³/mol. The molecule has 0 atom stereocenters. The van der Waals surface area contributed by atoms with Crippen LogP contribution in [-0.4, -0.2) is 28.1 Å². The fourth-order valence-electron chi connectivity index (χ4n) is 1.61. The first kappa shape index (κ1) is 14.3. The number of hydrogen-bond donors (Lipinski definition) is 0.